The summed E-state index contributed by atoms with van der Waals surface area (Å²) in [7, 11) is 0. The molecule has 3 aliphatic heterocycles. The molecule has 214 valence electrons. The van der Waals surface area contributed by atoms with Gasteiger partial charge in [-0.2, -0.15) is 10.4 Å². The molecule has 1 fully saturated rings. The van der Waals surface area contributed by atoms with Crippen LogP contribution in [0.4, 0.5) is 19.3 Å². The smallest absolute Gasteiger partial charge is 0.410 e. The van der Waals surface area contributed by atoms with E-state index in [0.29, 0.717) is 28.8 Å². The van der Waals surface area contributed by atoms with E-state index < -0.39 is 35.3 Å². The molecule has 1 N–H and O–H groups in total. The molecular weight excluding hydrogens is 534 g/mol. The molecule has 0 saturated carbocycles. The number of ether oxygens (including phenoxy) is 1. The van der Waals surface area contributed by atoms with E-state index in [1.54, 1.807) is 55.6 Å². The second-order valence-electron chi connectivity index (χ2n) is 11.4. The molecule has 1 saturated heterocycles. The van der Waals surface area contributed by atoms with E-state index in [0.717, 1.165) is 0 Å². The Balaban J connectivity index is 1.45. The lowest BCUT2D eigenvalue weighted by Crippen LogP contribution is -2.44. The highest BCUT2D eigenvalue weighted by Crippen LogP contribution is 2.37. The average molecular weight is 565 g/mol. The highest BCUT2D eigenvalue weighted by Gasteiger charge is 2.40. The van der Waals surface area contributed by atoms with Crippen molar-refractivity contribution in [1.82, 2.24) is 14.6 Å². The van der Waals surface area contributed by atoms with Gasteiger partial charge in [0.25, 0.3) is 0 Å². The van der Waals surface area contributed by atoms with Crippen LogP contribution in [-0.4, -0.2) is 69.4 Å². The molecule has 1 aromatic carbocycles. The molecule has 0 aliphatic carbocycles. The van der Waals surface area contributed by atoms with Crippen molar-refractivity contribution in [3.05, 3.63) is 59.5 Å². The molecule has 1 amide bonds. The number of alkyl halides is 1. The van der Waals surface area contributed by atoms with Gasteiger partial charge >= 0.3 is 6.09 Å². The summed E-state index contributed by atoms with van der Waals surface area (Å²) in [6.07, 6.45) is 4.50. The summed E-state index contributed by atoms with van der Waals surface area (Å²) in [4.78, 5) is 30.7. The van der Waals surface area contributed by atoms with Crippen molar-refractivity contribution >= 4 is 28.6 Å². The molecule has 3 aliphatic rings. The zero-order valence-electron chi connectivity index (χ0n) is 23.4. The first-order valence-corrected chi connectivity index (χ1v) is 13.1. The molecule has 1 aromatic heterocycles. The predicted molar refractivity (Wildman–Crippen MR) is 147 cm³/mol. The number of allylic oxidation sites excluding steroid dienone is 3. The highest BCUT2D eigenvalue weighted by atomic mass is 19.1. The molecule has 4 heterocycles. The second-order valence-corrected chi connectivity index (χ2v) is 11.4. The van der Waals surface area contributed by atoms with Crippen molar-refractivity contribution in [3.63, 3.8) is 0 Å². The number of imidazole rings is 1. The first-order chi connectivity index (χ1) is 19.3. The summed E-state index contributed by atoms with van der Waals surface area (Å²) in [6.45, 7) is 8.51. The van der Waals surface area contributed by atoms with Crippen LogP contribution in [0, 0.1) is 17.1 Å². The third-order valence-electron chi connectivity index (χ3n) is 6.95. The van der Waals surface area contributed by atoms with Crippen molar-refractivity contribution < 1.29 is 23.1 Å². The van der Waals surface area contributed by atoms with Crippen LogP contribution in [0.3, 0.4) is 0 Å². The SMILES string of the molecule is CC(=O)C1=C(C2(C)C=C(C#N)N=N2)N(n2cnc3cc(N[C@H]4CN(C(=O)OC(C)(C)C)C[C@H]4F)c(F)cc32)CC=C1. The number of amides is 1. The number of carbonyl (C=O) groups is 2. The number of nitriles is 1. The third-order valence-corrected chi connectivity index (χ3v) is 6.95. The maximum Gasteiger partial charge on any atom is 0.410 e. The normalized spacial score (nSPS) is 24.2. The molecule has 13 heteroatoms. The number of ketones is 1. The number of anilines is 1. The summed E-state index contributed by atoms with van der Waals surface area (Å²) in [5, 5.41) is 22.2. The van der Waals surface area contributed by atoms with Gasteiger partial charge in [-0.05, 0) is 46.8 Å². The summed E-state index contributed by atoms with van der Waals surface area (Å²) in [5.74, 6) is -0.860. The minimum atomic E-state index is -1.43. The number of fused-ring (bicyclic) bond motifs is 1. The number of nitrogens with one attached hydrogen (secondary N) is 1. The maximum absolute atomic E-state index is 15.5. The molecular formula is C28H30F2N8O3. The van der Waals surface area contributed by atoms with Crippen LogP contribution in [-0.2, 0) is 9.53 Å². The van der Waals surface area contributed by atoms with E-state index in [1.807, 2.05) is 6.07 Å². The number of hydrogen-bond donors (Lipinski definition) is 1. The van der Waals surface area contributed by atoms with Crippen LogP contribution in [0.15, 0.2) is 63.9 Å². The Kier molecular flexibility index (Phi) is 6.89. The van der Waals surface area contributed by atoms with E-state index in [9.17, 15) is 19.2 Å². The number of carbonyl (C=O) groups excluding carboxylic acids is 2. The maximum atomic E-state index is 15.5. The molecule has 2 aromatic rings. The summed E-state index contributed by atoms with van der Waals surface area (Å²) >= 11 is 0. The molecule has 11 nitrogen and oxygen atoms in total. The predicted octanol–water partition coefficient (Wildman–Crippen LogP) is 4.53. The van der Waals surface area contributed by atoms with Gasteiger partial charge in [0.2, 0.25) is 0 Å². The Labute approximate surface area is 235 Å². The lowest BCUT2D eigenvalue weighted by molar-refractivity contribution is -0.113. The average Bonchev–Trinajstić information content (AvgIpc) is 3.60. The van der Waals surface area contributed by atoms with Gasteiger partial charge in [-0.3, -0.25) is 9.80 Å². The van der Waals surface area contributed by atoms with Crippen LogP contribution < -0.4 is 10.3 Å². The summed E-state index contributed by atoms with van der Waals surface area (Å²) in [5.41, 5.74) is -0.0270. The Morgan fingerprint density at radius 1 is 1.27 bits per heavy atom. The van der Waals surface area contributed by atoms with Gasteiger partial charge in [0.15, 0.2) is 11.5 Å². The topological polar surface area (TPSA) is 128 Å². The standard InChI is InChI=1S/C28H30F2N8O3/c1-16(39)18-7-6-8-37(25(18)28(5)11-17(12-31)34-35-28)38-15-32-22-10-21(19(29)9-24(22)38)33-23-14-36(13-20(23)30)26(40)41-27(2,3)4/h6-7,9-11,15,20,23,33H,8,13-14H2,1-5H3/t20-,23+,28?/m1/s1. The number of Topliss-reactive ketones (excluding diaryl/α,β-unsaturated/α-hetero) is 1. The van der Waals surface area contributed by atoms with E-state index in [4.69, 9.17) is 4.74 Å². The van der Waals surface area contributed by atoms with Crippen molar-refractivity contribution in [2.24, 2.45) is 10.2 Å². The number of benzene rings is 1. The van der Waals surface area contributed by atoms with Gasteiger partial charge in [0, 0.05) is 18.2 Å². The third kappa shape index (κ3) is 5.29. The summed E-state index contributed by atoms with van der Waals surface area (Å²) < 4.78 is 37.3. The van der Waals surface area contributed by atoms with Crippen LogP contribution >= 0.6 is 0 Å². The fourth-order valence-corrected chi connectivity index (χ4v) is 5.14. The van der Waals surface area contributed by atoms with Gasteiger partial charge in [-0.15, -0.1) is 5.11 Å². The number of nitrogens with zero attached hydrogens (tertiary/aromatic N) is 7. The quantitative estimate of drug-likeness (QED) is 0.565. The Morgan fingerprint density at radius 3 is 2.68 bits per heavy atom. The van der Waals surface area contributed by atoms with Crippen LogP contribution in [0.1, 0.15) is 34.6 Å². The van der Waals surface area contributed by atoms with E-state index >= 15 is 4.39 Å². The number of likely N-dealkylation sites (tertiary alicyclic amines) is 1. The highest BCUT2D eigenvalue weighted by molar-refractivity contribution is 5.98. The van der Waals surface area contributed by atoms with Crippen molar-refractivity contribution in [3.8, 4) is 6.07 Å². The van der Waals surface area contributed by atoms with E-state index in [-0.39, 0.29) is 30.3 Å². The molecule has 0 spiro atoms. The zero-order chi connectivity index (χ0) is 29.7. The van der Waals surface area contributed by atoms with Crippen LogP contribution in [0.25, 0.3) is 11.0 Å². The summed E-state index contributed by atoms with van der Waals surface area (Å²) in [6, 6.07) is 3.88. The zero-order valence-corrected chi connectivity index (χ0v) is 23.4. The first-order valence-electron chi connectivity index (χ1n) is 13.1. The van der Waals surface area contributed by atoms with Crippen molar-refractivity contribution in [2.45, 2.75) is 58.0 Å². The monoisotopic (exact) mass is 564 g/mol. The Bertz CT molecular complexity index is 1600. The largest absolute Gasteiger partial charge is 0.444 e. The van der Waals surface area contributed by atoms with Crippen LogP contribution in [0.5, 0.6) is 0 Å². The number of rotatable bonds is 5. The molecule has 0 bridgehead atoms. The van der Waals surface area contributed by atoms with Gasteiger partial charge in [0.1, 0.15) is 35.5 Å². The van der Waals surface area contributed by atoms with Gasteiger partial charge in [-0.25, -0.2) is 23.2 Å². The first kappa shape index (κ1) is 27.9. The molecule has 5 rings (SSSR count). The van der Waals surface area contributed by atoms with Crippen LogP contribution in [0.2, 0.25) is 0 Å². The number of hydrogen-bond acceptors (Lipinski definition) is 9. The number of aromatic nitrogens is 2. The minimum Gasteiger partial charge on any atom is -0.444 e. The van der Waals surface area contributed by atoms with E-state index in [2.05, 4.69) is 20.5 Å². The lowest BCUT2D eigenvalue weighted by Gasteiger charge is -2.37. The fraction of sp³-hybridized carbons (Fsp3) is 0.429. The second kappa shape index (κ2) is 10.1. The van der Waals surface area contributed by atoms with E-state index in [1.165, 1.54) is 30.3 Å². The lowest BCUT2D eigenvalue weighted by atomic mass is 9.90. The Hall–Kier alpha value is -4.60. The van der Waals surface area contributed by atoms with Crippen molar-refractivity contribution in [2.75, 3.05) is 30.0 Å². The fourth-order valence-electron chi connectivity index (χ4n) is 5.14. The Morgan fingerprint density at radius 2 is 2.02 bits per heavy atom. The number of azo groups is 1. The molecule has 41 heavy (non-hydrogen) atoms. The van der Waals surface area contributed by atoms with Gasteiger partial charge in [0.05, 0.1) is 41.5 Å². The molecule has 3 atom stereocenters. The number of halogens is 2. The van der Waals surface area contributed by atoms with Crippen molar-refractivity contribution in [1.29, 1.82) is 5.26 Å². The molecule has 0 radical (unpaired) electrons. The van der Waals surface area contributed by atoms with Gasteiger partial charge in [-0.1, -0.05) is 12.2 Å². The molecule has 1 unspecified atom stereocenters. The van der Waals surface area contributed by atoms with Gasteiger partial charge < -0.3 is 15.0 Å². The minimum absolute atomic E-state index is 0.00935.